The highest BCUT2D eigenvalue weighted by Gasteiger charge is 2.44. The molecule has 2 aromatic rings. The fourth-order valence-electron chi connectivity index (χ4n) is 4.10. The summed E-state index contributed by atoms with van der Waals surface area (Å²) in [6, 6.07) is 13.0. The number of hydrogen-bond acceptors (Lipinski definition) is 5. The summed E-state index contributed by atoms with van der Waals surface area (Å²) in [5.74, 6) is -2.82. The third-order valence-corrected chi connectivity index (χ3v) is 7.53. The van der Waals surface area contributed by atoms with Crippen LogP contribution in [0.4, 0.5) is 11.4 Å². The average Bonchev–Trinajstić information content (AvgIpc) is 3.51. The number of sulfonamides is 1. The van der Waals surface area contributed by atoms with Gasteiger partial charge < -0.3 is 15.5 Å². The van der Waals surface area contributed by atoms with Crippen molar-refractivity contribution in [1.82, 2.24) is 9.21 Å². The van der Waals surface area contributed by atoms with Gasteiger partial charge in [-0.1, -0.05) is 23.8 Å². The molecule has 1 fully saturated rings. The van der Waals surface area contributed by atoms with E-state index in [0.29, 0.717) is 35.1 Å². The van der Waals surface area contributed by atoms with Crippen LogP contribution in [0.3, 0.4) is 0 Å². The molecule has 0 unspecified atom stereocenters. The summed E-state index contributed by atoms with van der Waals surface area (Å²) in [5, 5.41) is 5.99. The number of nitrogens with one attached hydrogen (secondary N) is 2. The van der Waals surface area contributed by atoms with Gasteiger partial charge in [-0.05, 0) is 48.5 Å². The Morgan fingerprint density at radius 1 is 0.829 bits per heavy atom. The van der Waals surface area contributed by atoms with E-state index >= 15 is 0 Å². The van der Waals surface area contributed by atoms with Crippen LogP contribution in [0.2, 0.25) is 5.02 Å². The zero-order valence-corrected chi connectivity index (χ0v) is 20.6. The largest absolute Gasteiger partial charge is 0.331 e. The van der Waals surface area contributed by atoms with Crippen molar-refractivity contribution in [1.29, 1.82) is 0 Å². The highest BCUT2D eigenvalue weighted by Crippen LogP contribution is 2.28. The highest BCUT2D eigenvalue weighted by atomic mass is 35.5. The molecule has 11 heteroatoms. The molecule has 2 atom stereocenters. The van der Waals surface area contributed by atoms with Gasteiger partial charge in [-0.3, -0.25) is 14.4 Å². The van der Waals surface area contributed by atoms with E-state index in [1.165, 1.54) is 0 Å². The SMILES string of the molecule is CS(=O)(=O)N1C[C@H](C(=O)Nc2ccc(Cl)cc2)[C@@H](C(=O)Nc2ccc(C(=O)N3CC=CC3)cc2)C1. The fourth-order valence-corrected chi connectivity index (χ4v) is 5.08. The van der Waals surface area contributed by atoms with Gasteiger partial charge in [-0.25, -0.2) is 12.7 Å². The van der Waals surface area contributed by atoms with Crippen LogP contribution in [-0.2, 0) is 19.6 Å². The van der Waals surface area contributed by atoms with Crippen LogP contribution in [0.15, 0.2) is 60.7 Å². The quantitative estimate of drug-likeness (QED) is 0.572. The Kier molecular flexibility index (Phi) is 7.25. The molecule has 2 N–H and O–H groups in total. The molecule has 35 heavy (non-hydrogen) atoms. The topological polar surface area (TPSA) is 116 Å². The van der Waals surface area contributed by atoms with Crippen molar-refractivity contribution in [3.05, 3.63) is 71.3 Å². The van der Waals surface area contributed by atoms with Crippen molar-refractivity contribution in [3.63, 3.8) is 0 Å². The summed E-state index contributed by atoms with van der Waals surface area (Å²) in [6.07, 6.45) is 4.90. The number of nitrogens with zero attached hydrogens (tertiary/aromatic N) is 2. The number of carbonyl (C=O) groups is 3. The lowest BCUT2D eigenvalue weighted by Gasteiger charge is -2.18. The maximum absolute atomic E-state index is 13.1. The van der Waals surface area contributed by atoms with Crippen molar-refractivity contribution in [2.75, 3.05) is 43.1 Å². The van der Waals surface area contributed by atoms with Gasteiger partial charge in [0.25, 0.3) is 5.91 Å². The zero-order chi connectivity index (χ0) is 25.2. The van der Waals surface area contributed by atoms with Crippen LogP contribution in [0, 0.1) is 11.8 Å². The third-order valence-electron chi connectivity index (χ3n) is 6.05. The van der Waals surface area contributed by atoms with Crippen LogP contribution in [0.5, 0.6) is 0 Å². The number of anilines is 2. The molecular formula is C24H25ClN4O5S. The molecule has 9 nitrogen and oxygen atoms in total. The molecule has 4 rings (SSSR count). The predicted octanol–water partition coefficient (Wildman–Crippen LogP) is 2.44. The van der Waals surface area contributed by atoms with E-state index in [1.807, 2.05) is 12.2 Å². The number of halogens is 1. The Morgan fingerprint density at radius 3 is 1.74 bits per heavy atom. The number of amides is 3. The molecule has 2 aliphatic rings. The van der Waals surface area contributed by atoms with Gasteiger partial charge in [-0.2, -0.15) is 0 Å². The molecular weight excluding hydrogens is 492 g/mol. The lowest BCUT2D eigenvalue weighted by Crippen LogP contribution is -2.35. The first-order chi connectivity index (χ1) is 16.6. The maximum Gasteiger partial charge on any atom is 0.254 e. The molecule has 0 aliphatic carbocycles. The van der Waals surface area contributed by atoms with Crippen molar-refractivity contribution in [2.24, 2.45) is 11.8 Å². The second kappa shape index (κ2) is 10.2. The number of carbonyl (C=O) groups excluding carboxylic acids is 3. The number of benzene rings is 2. The lowest BCUT2D eigenvalue weighted by atomic mass is 9.94. The Balaban J connectivity index is 1.46. The van der Waals surface area contributed by atoms with Gasteiger partial charge in [0, 0.05) is 48.1 Å². The summed E-state index contributed by atoms with van der Waals surface area (Å²) in [5.41, 5.74) is 1.43. The number of rotatable bonds is 6. The van der Waals surface area contributed by atoms with E-state index in [9.17, 15) is 22.8 Å². The minimum atomic E-state index is -3.60. The maximum atomic E-state index is 13.1. The first kappa shape index (κ1) is 24.9. The first-order valence-electron chi connectivity index (χ1n) is 11.0. The molecule has 0 bridgehead atoms. The molecule has 0 spiro atoms. The molecule has 3 amide bonds. The van der Waals surface area contributed by atoms with Crippen molar-refractivity contribution in [3.8, 4) is 0 Å². The Labute approximate surface area is 208 Å². The molecule has 2 heterocycles. The smallest absolute Gasteiger partial charge is 0.254 e. The van der Waals surface area contributed by atoms with E-state index in [4.69, 9.17) is 11.6 Å². The second-order valence-electron chi connectivity index (χ2n) is 8.54. The van der Waals surface area contributed by atoms with Crippen molar-refractivity contribution < 1.29 is 22.8 Å². The molecule has 1 saturated heterocycles. The van der Waals surface area contributed by atoms with Gasteiger partial charge in [0.1, 0.15) is 0 Å². The summed E-state index contributed by atoms with van der Waals surface area (Å²) >= 11 is 5.88. The fraction of sp³-hybridized carbons (Fsp3) is 0.292. The minimum absolute atomic E-state index is 0.104. The highest BCUT2D eigenvalue weighted by molar-refractivity contribution is 7.88. The van der Waals surface area contributed by atoms with Crippen LogP contribution >= 0.6 is 11.6 Å². The first-order valence-corrected chi connectivity index (χ1v) is 13.2. The monoisotopic (exact) mass is 516 g/mol. The normalized spacial score (nSPS) is 20.1. The van der Waals surface area contributed by atoms with E-state index in [1.54, 1.807) is 53.4 Å². The van der Waals surface area contributed by atoms with Crippen LogP contribution < -0.4 is 10.6 Å². The minimum Gasteiger partial charge on any atom is -0.331 e. The average molecular weight is 517 g/mol. The van der Waals surface area contributed by atoms with Gasteiger partial charge in [0.2, 0.25) is 21.8 Å². The third kappa shape index (κ3) is 5.90. The Bertz CT molecular complexity index is 1250. The summed E-state index contributed by atoms with van der Waals surface area (Å²) in [7, 11) is -3.60. The van der Waals surface area contributed by atoms with Crippen LogP contribution in [0.1, 0.15) is 10.4 Å². The van der Waals surface area contributed by atoms with E-state index in [2.05, 4.69) is 10.6 Å². The molecule has 0 radical (unpaired) electrons. The second-order valence-corrected chi connectivity index (χ2v) is 11.0. The summed E-state index contributed by atoms with van der Waals surface area (Å²) in [4.78, 5) is 40.3. The van der Waals surface area contributed by atoms with Crippen LogP contribution in [0.25, 0.3) is 0 Å². The van der Waals surface area contributed by atoms with Crippen LogP contribution in [-0.4, -0.2) is 67.8 Å². The standard InChI is InChI=1S/C24H25ClN4O5S/c1-35(33,34)29-14-20(21(15-29)23(31)27-19-10-6-17(25)7-11-19)22(30)26-18-8-4-16(5-9-18)24(32)28-12-2-3-13-28/h2-11,20-21H,12-15H2,1H3,(H,26,30)(H,27,31)/t20-,21-/m0/s1. The molecule has 2 aromatic carbocycles. The van der Waals surface area contributed by atoms with E-state index < -0.39 is 33.7 Å². The molecule has 0 saturated carbocycles. The number of hydrogen-bond donors (Lipinski definition) is 2. The van der Waals surface area contributed by atoms with E-state index in [-0.39, 0.29) is 19.0 Å². The van der Waals surface area contributed by atoms with E-state index in [0.717, 1.165) is 10.6 Å². The van der Waals surface area contributed by atoms with Gasteiger partial charge in [0.05, 0.1) is 18.1 Å². The van der Waals surface area contributed by atoms with Gasteiger partial charge in [0.15, 0.2) is 0 Å². The predicted molar refractivity (Wildman–Crippen MR) is 134 cm³/mol. The zero-order valence-electron chi connectivity index (χ0n) is 19.0. The lowest BCUT2D eigenvalue weighted by molar-refractivity contribution is -0.127. The van der Waals surface area contributed by atoms with Crippen molar-refractivity contribution >= 4 is 50.7 Å². The van der Waals surface area contributed by atoms with Crippen molar-refractivity contribution in [2.45, 2.75) is 0 Å². The molecule has 2 aliphatic heterocycles. The Morgan fingerprint density at radius 2 is 1.29 bits per heavy atom. The molecule has 184 valence electrons. The molecule has 0 aromatic heterocycles. The Hall–Kier alpha value is -3.21. The summed E-state index contributed by atoms with van der Waals surface area (Å²) < 4.78 is 25.4. The summed E-state index contributed by atoms with van der Waals surface area (Å²) in [6.45, 7) is 0.917. The van der Waals surface area contributed by atoms with Gasteiger partial charge in [-0.15, -0.1) is 0 Å². The van der Waals surface area contributed by atoms with Gasteiger partial charge >= 0.3 is 0 Å².